The topological polar surface area (TPSA) is 56.7 Å². The first kappa shape index (κ1) is 16.4. The van der Waals surface area contributed by atoms with Crippen LogP contribution in [0.15, 0.2) is 4.99 Å². The Kier molecular flexibility index (Phi) is 5.55. The molecule has 0 radical (unpaired) electrons. The van der Waals surface area contributed by atoms with Crippen molar-refractivity contribution in [1.82, 2.24) is 10.6 Å². The van der Waals surface area contributed by atoms with Crippen LogP contribution >= 0.6 is 11.8 Å². The van der Waals surface area contributed by atoms with Gasteiger partial charge in [0.1, 0.15) is 0 Å². The highest BCUT2D eigenvalue weighted by Gasteiger charge is 2.34. The van der Waals surface area contributed by atoms with Gasteiger partial charge in [-0.25, -0.2) is 0 Å². The lowest BCUT2D eigenvalue weighted by Crippen LogP contribution is -2.51. The molecule has 4 atom stereocenters. The zero-order valence-electron chi connectivity index (χ0n) is 13.8. The van der Waals surface area contributed by atoms with E-state index < -0.39 is 5.60 Å². The molecule has 1 heterocycles. The van der Waals surface area contributed by atoms with Gasteiger partial charge in [-0.3, -0.25) is 4.99 Å². The minimum Gasteiger partial charge on any atom is -0.387 e. The van der Waals surface area contributed by atoms with E-state index in [4.69, 9.17) is 0 Å². The van der Waals surface area contributed by atoms with Gasteiger partial charge in [0.05, 0.1) is 5.60 Å². The highest BCUT2D eigenvalue weighted by molar-refractivity contribution is 7.99. The summed E-state index contributed by atoms with van der Waals surface area (Å²) in [5.41, 5.74) is -0.552. The van der Waals surface area contributed by atoms with Crippen molar-refractivity contribution < 1.29 is 5.11 Å². The minimum absolute atomic E-state index is 0.552. The van der Waals surface area contributed by atoms with Crippen molar-refractivity contribution in [2.45, 2.75) is 63.0 Å². The first-order valence-corrected chi connectivity index (χ1v) is 10.1. The molecule has 3 rings (SSSR count). The van der Waals surface area contributed by atoms with E-state index in [2.05, 4.69) is 15.6 Å². The first-order chi connectivity index (χ1) is 10.7. The number of nitrogens with zero attached hydrogens (tertiary/aromatic N) is 1. The maximum Gasteiger partial charge on any atom is 0.191 e. The van der Waals surface area contributed by atoms with Gasteiger partial charge in [0.15, 0.2) is 5.96 Å². The molecular formula is C17H31N3OS. The summed E-state index contributed by atoms with van der Waals surface area (Å²) in [7, 11) is 1.83. The summed E-state index contributed by atoms with van der Waals surface area (Å²) in [6, 6.07) is 0.554. The Bertz CT molecular complexity index is 395. The number of guanidine groups is 1. The van der Waals surface area contributed by atoms with Gasteiger partial charge in [-0.2, -0.15) is 11.8 Å². The van der Waals surface area contributed by atoms with Gasteiger partial charge in [-0.05, 0) is 43.3 Å². The predicted molar refractivity (Wildman–Crippen MR) is 94.5 cm³/mol. The van der Waals surface area contributed by atoms with E-state index in [9.17, 15) is 5.11 Å². The molecule has 5 heteroatoms. The highest BCUT2D eigenvalue weighted by Crippen LogP contribution is 2.40. The van der Waals surface area contributed by atoms with Crippen molar-refractivity contribution in [2.24, 2.45) is 16.8 Å². The van der Waals surface area contributed by atoms with Crippen molar-refractivity contribution in [3.05, 3.63) is 0 Å². The lowest BCUT2D eigenvalue weighted by Gasteiger charge is -2.40. The molecule has 0 bridgehead atoms. The SMILES string of the molecule is CN=C(NCC1(O)CCSC1)NC1CCC2CCCCC2C1. The summed E-state index contributed by atoms with van der Waals surface area (Å²) in [5, 5.41) is 17.4. The van der Waals surface area contributed by atoms with E-state index in [1.54, 1.807) is 0 Å². The zero-order valence-corrected chi connectivity index (χ0v) is 14.6. The average molecular weight is 326 g/mol. The molecule has 0 aromatic heterocycles. The fourth-order valence-corrected chi connectivity index (χ4v) is 5.67. The van der Waals surface area contributed by atoms with Gasteiger partial charge >= 0.3 is 0 Å². The second-order valence-electron chi connectivity index (χ2n) is 7.41. The summed E-state index contributed by atoms with van der Waals surface area (Å²) >= 11 is 1.84. The van der Waals surface area contributed by atoms with Crippen LogP contribution in [0.1, 0.15) is 51.4 Å². The van der Waals surface area contributed by atoms with Crippen LogP contribution in [0.5, 0.6) is 0 Å². The van der Waals surface area contributed by atoms with E-state index in [-0.39, 0.29) is 0 Å². The molecule has 3 N–H and O–H groups in total. The molecule has 3 fully saturated rings. The number of hydrogen-bond acceptors (Lipinski definition) is 3. The van der Waals surface area contributed by atoms with E-state index in [0.29, 0.717) is 12.6 Å². The molecule has 4 unspecified atom stereocenters. The van der Waals surface area contributed by atoms with Crippen molar-refractivity contribution in [3.63, 3.8) is 0 Å². The lowest BCUT2D eigenvalue weighted by molar-refractivity contribution is 0.0722. The molecular weight excluding hydrogens is 294 g/mol. The third-order valence-corrected chi connectivity index (χ3v) is 7.01. The third kappa shape index (κ3) is 4.10. The summed E-state index contributed by atoms with van der Waals surface area (Å²) in [6.07, 6.45) is 10.6. The molecule has 1 aliphatic heterocycles. The Morgan fingerprint density at radius 2 is 2.05 bits per heavy atom. The fourth-order valence-electron chi connectivity index (χ4n) is 4.38. The second-order valence-corrected chi connectivity index (χ2v) is 8.52. The van der Waals surface area contributed by atoms with E-state index in [1.807, 2.05) is 18.8 Å². The summed E-state index contributed by atoms with van der Waals surface area (Å²) < 4.78 is 0. The van der Waals surface area contributed by atoms with E-state index in [0.717, 1.165) is 35.7 Å². The largest absolute Gasteiger partial charge is 0.387 e. The number of fused-ring (bicyclic) bond motifs is 1. The smallest absolute Gasteiger partial charge is 0.191 e. The number of hydrogen-bond donors (Lipinski definition) is 3. The Balaban J connectivity index is 1.46. The second kappa shape index (κ2) is 7.43. The van der Waals surface area contributed by atoms with Crippen molar-refractivity contribution in [1.29, 1.82) is 0 Å². The van der Waals surface area contributed by atoms with E-state index >= 15 is 0 Å². The lowest BCUT2D eigenvalue weighted by atomic mass is 9.69. The molecule has 0 spiro atoms. The maximum atomic E-state index is 10.4. The monoisotopic (exact) mass is 325 g/mol. The Labute approximate surface area is 138 Å². The summed E-state index contributed by atoms with van der Waals surface area (Å²) in [6.45, 7) is 0.610. The quantitative estimate of drug-likeness (QED) is 0.551. The normalized spacial score (nSPS) is 39.4. The molecule has 2 aliphatic carbocycles. The van der Waals surface area contributed by atoms with Gasteiger partial charge in [0, 0.05) is 25.4 Å². The molecule has 126 valence electrons. The molecule has 3 aliphatic rings. The average Bonchev–Trinajstić information content (AvgIpc) is 2.98. The Hall–Kier alpha value is -0.420. The van der Waals surface area contributed by atoms with Gasteiger partial charge < -0.3 is 15.7 Å². The number of aliphatic hydroxyl groups is 1. The molecule has 4 nitrogen and oxygen atoms in total. The molecule has 22 heavy (non-hydrogen) atoms. The number of nitrogens with one attached hydrogen (secondary N) is 2. The van der Waals surface area contributed by atoms with Crippen molar-refractivity contribution in [2.75, 3.05) is 25.1 Å². The van der Waals surface area contributed by atoms with Gasteiger partial charge in [0.25, 0.3) is 0 Å². The number of rotatable bonds is 3. The molecule has 0 aromatic rings. The zero-order chi connectivity index (χ0) is 15.4. The van der Waals surface area contributed by atoms with Crippen LogP contribution in [0.4, 0.5) is 0 Å². The fraction of sp³-hybridized carbons (Fsp3) is 0.941. The molecule has 0 amide bonds. The third-order valence-electron chi connectivity index (χ3n) is 5.77. The number of thioether (sulfide) groups is 1. The Morgan fingerprint density at radius 1 is 1.23 bits per heavy atom. The summed E-state index contributed by atoms with van der Waals surface area (Å²) in [5.74, 6) is 4.68. The number of aliphatic imine (C=N–C) groups is 1. The van der Waals surface area contributed by atoms with Gasteiger partial charge in [-0.1, -0.05) is 25.7 Å². The minimum atomic E-state index is -0.552. The van der Waals surface area contributed by atoms with Crippen LogP contribution in [0.3, 0.4) is 0 Å². The van der Waals surface area contributed by atoms with Crippen LogP contribution in [0, 0.1) is 11.8 Å². The van der Waals surface area contributed by atoms with Crippen LogP contribution in [0.25, 0.3) is 0 Å². The maximum absolute atomic E-state index is 10.4. The summed E-state index contributed by atoms with van der Waals surface area (Å²) in [4.78, 5) is 4.35. The standard InChI is InChI=1S/C17H31N3OS/c1-18-16(19-11-17(21)8-9-22-12-17)20-15-7-6-13-4-2-3-5-14(13)10-15/h13-15,21H,2-12H2,1H3,(H2,18,19,20). The van der Waals surface area contributed by atoms with E-state index in [1.165, 1.54) is 44.9 Å². The van der Waals surface area contributed by atoms with Crippen molar-refractivity contribution >= 4 is 17.7 Å². The Morgan fingerprint density at radius 3 is 2.77 bits per heavy atom. The predicted octanol–water partition coefficient (Wildman–Crippen LogP) is 2.38. The van der Waals surface area contributed by atoms with Gasteiger partial charge in [0.2, 0.25) is 0 Å². The van der Waals surface area contributed by atoms with Crippen LogP contribution in [-0.4, -0.2) is 47.8 Å². The van der Waals surface area contributed by atoms with Crippen LogP contribution in [-0.2, 0) is 0 Å². The van der Waals surface area contributed by atoms with Crippen LogP contribution in [0.2, 0.25) is 0 Å². The van der Waals surface area contributed by atoms with Crippen molar-refractivity contribution in [3.8, 4) is 0 Å². The van der Waals surface area contributed by atoms with Crippen LogP contribution < -0.4 is 10.6 Å². The molecule has 2 saturated carbocycles. The van der Waals surface area contributed by atoms with Gasteiger partial charge in [-0.15, -0.1) is 0 Å². The molecule has 0 aromatic carbocycles. The first-order valence-electron chi connectivity index (χ1n) is 8.96. The highest BCUT2D eigenvalue weighted by atomic mass is 32.2. The molecule has 1 saturated heterocycles.